The minimum absolute atomic E-state index is 0.0840. The van der Waals surface area contributed by atoms with Gasteiger partial charge in [-0.05, 0) is 51.6 Å². The van der Waals surface area contributed by atoms with E-state index in [-0.39, 0.29) is 5.91 Å². The van der Waals surface area contributed by atoms with E-state index < -0.39 is 5.54 Å². The van der Waals surface area contributed by atoms with Gasteiger partial charge in [0, 0.05) is 42.8 Å². The number of benzene rings is 1. The molecule has 1 aliphatic heterocycles. The second-order valence-electron chi connectivity index (χ2n) is 8.54. The number of carbonyl (C=O) groups is 1. The first-order valence-electron chi connectivity index (χ1n) is 10.2. The lowest BCUT2D eigenvalue weighted by Crippen LogP contribution is -2.57. The van der Waals surface area contributed by atoms with E-state index in [0.29, 0.717) is 28.3 Å². The molecule has 0 atom stereocenters. The number of carbonyl (C=O) groups excluding carboxylic acids is 1. The Kier molecular flexibility index (Phi) is 4.39. The zero-order valence-electron chi connectivity index (χ0n) is 17.5. The van der Waals surface area contributed by atoms with Crippen LogP contribution >= 0.6 is 0 Å². The number of anilines is 1. The van der Waals surface area contributed by atoms with E-state index in [9.17, 15) is 4.79 Å². The summed E-state index contributed by atoms with van der Waals surface area (Å²) in [7, 11) is 4.21. The van der Waals surface area contributed by atoms with Crippen LogP contribution in [0.3, 0.4) is 0 Å². The van der Waals surface area contributed by atoms with Gasteiger partial charge in [-0.2, -0.15) is 10.2 Å². The van der Waals surface area contributed by atoms with Crippen LogP contribution in [-0.2, 0) is 5.54 Å². The first kappa shape index (κ1) is 18.9. The van der Waals surface area contributed by atoms with E-state index in [2.05, 4.69) is 55.4 Å². The predicted molar refractivity (Wildman–Crippen MR) is 114 cm³/mol. The van der Waals surface area contributed by atoms with Gasteiger partial charge in [0.2, 0.25) is 0 Å². The molecule has 2 aliphatic rings. The summed E-state index contributed by atoms with van der Waals surface area (Å²) in [5.74, 6) is -0.0840. The number of nitrogens with zero attached hydrogens (tertiary/aromatic N) is 6. The molecular weight excluding hydrogens is 378 g/mol. The monoisotopic (exact) mass is 403 g/mol. The van der Waals surface area contributed by atoms with E-state index in [1.165, 1.54) is 0 Å². The Labute approximate surface area is 175 Å². The third-order valence-electron chi connectivity index (χ3n) is 6.27. The van der Waals surface area contributed by atoms with Crippen molar-refractivity contribution >= 4 is 22.6 Å². The molecule has 3 aromatic rings. The highest BCUT2D eigenvalue weighted by atomic mass is 16.1. The van der Waals surface area contributed by atoms with Gasteiger partial charge >= 0.3 is 0 Å². The quantitative estimate of drug-likeness (QED) is 0.696. The fourth-order valence-corrected chi connectivity index (χ4v) is 4.01. The maximum atomic E-state index is 13.3. The molecule has 154 valence electrons. The predicted octanol–water partition coefficient (Wildman–Crippen LogP) is 1.90. The van der Waals surface area contributed by atoms with Crippen LogP contribution in [0.2, 0.25) is 0 Å². The van der Waals surface area contributed by atoms with Crippen molar-refractivity contribution in [1.82, 2.24) is 30.4 Å². The Morgan fingerprint density at radius 2 is 1.97 bits per heavy atom. The molecule has 1 saturated heterocycles. The van der Waals surface area contributed by atoms with E-state index in [1.807, 2.05) is 19.1 Å². The molecule has 0 radical (unpaired) electrons. The van der Waals surface area contributed by atoms with Crippen molar-refractivity contribution in [2.45, 2.75) is 31.3 Å². The van der Waals surface area contributed by atoms with Crippen molar-refractivity contribution in [3.63, 3.8) is 0 Å². The number of fused-ring (bicyclic) bond motifs is 1. The fraction of sp³-hybridized carbons (Fsp3) is 0.409. The van der Waals surface area contributed by atoms with E-state index in [0.717, 1.165) is 37.2 Å². The van der Waals surface area contributed by atoms with Gasteiger partial charge in [-0.3, -0.25) is 14.8 Å². The topological polar surface area (TPSA) is 87.1 Å². The molecule has 1 aliphatic carbocycles. The highest BCUT2D eigenvalue weighted by molar-refractivity contribution is 5.97. The summed E-state index contributed by atoms with van der Waals surface area (Å²) >= 11 is 0. The van der Waals surface area contributed by atoms with Crippen LogP contribution in [0.25, 0.3) is 11.0 Å². The summed E-state index contributed by atoms with van der Waals surface area (Å²) in [4.78, 5) is 26.6. The number of hydrogen-bond acceptors (Lipinski definition) is 7. The molecule has 1 N–H and O–H groups in total. The third kappa shape index (κ3) is 3.17. The van der Waals surface area contributed by atoms with E-state index in [4.69, 9.17) is 0 Å². The van der Waals surface area contributed by atoms with Gasteiger partial charge in [0.1, 0.15) is 16.7 Å². The third-order valence-corrected chi connectivity index (χ3v) is 6.27. The zero-order chi connectivity index (χ0) is 20.9. The Balaban J connectivity index is 1.40. The first-order chi connectivity index (χ1) is 14.5. The van der Waals surface area contributed by atoms with Crippen LogP contribution in [0.5, 0.6) is 0 Å². The average molecular weight is 403 g/mol. The van der Waals surface area contributed by atoms with Crippen molar-refractivity contribution in [1.29, 1.82) is 0 Å². The van der Waals surface area contributed by atoms with Gasteiger partial charge in [0.25, 0.3) is 5.91 Å². The van der Waals surface area contributed by atoms with Crippen molar-refractivity contribution in [2.24, 2.45) is 0 Å². The molecule has 0 bridgehead atoms. The van der Waals surface area contributed by atoms with E-state index in [1.54, 1.807) is 18.6 Å². The molecule has 8 heteroatoms. The van der Waals surface area contributed by atoms with Crippen LogP contribution in [0, 0.1) is 6.92 Å². The number of rotatable bonds is 5. The van der Waals surface area contributed by atoms with Gasteiger partial charge in [-0.15, -0.1) is 0 Å². The number of aryl methyl sites for hydroxylation is 1. The highest BCUT2D eigenvalue weighted by Crippen LogP contribution is 2.46. The molecule has 2 fully saturated rings. The number of nitrogens with one attached hydrogen (secondary N) is 1. The lowest BCUT2D eigenvalue weighted by Gasteiger charge is -2.44. The molecule has 5 rings (SSSR count). The van der Waals surface area contributed by atoms with Crippen molar-refractivity contribution in [2.75, 3.05) is 32.1 Å². The van der Waals surface area contributed by atoms with Crippen molar-refractivity contribution in [3.05, 3.63) is 53.6 Å². The molecule has 0 spiro atoms. The van der Waals surface area contributed by atoms with E-state index >= 15 is 0 Å². The summed E-state index contributed by atoms with van der Waals surface area (Å²) in [6.45, 7) is 3.93. The van der Waals surface area contributed by atoms with Crippen molar-refractivity contribution < 1.29 is 4.79 Å². The summed E-state index contributed by atoms with van der Waals surface area (Å²) in [5.41, 5.74) is 4.32. The van der Waals surface area contributed by atoms with Crippen LogP contribution in [-0.4, -0.2) is 64.2 Å². The standard InChI is InChI=1S/C22H25N7O/c1-14-4-5-15(29-12-16(13-29)28(2)3)10-17(14)21(30)26-22(6-7-22)20-19-18(11-25-27-20)23-8-9-24-19/h4-5,8-11,16H,6-7,12-13H2,1-3H3,(H,26,30). The summed E-state index contributed by atoms with van der Waals surface area (Å²) < 4.78 is 0. The molecule has 2 aromatic heterocycles. The molecule has 30 heavy (non-hydrogen) atoms. The molecule has 1 amide bonds. The van der Waals surface area contributed by atoms with Gasteiger partial charge in [0.15, 0.2) is 0 Å². The smallest absolute Gasteiger partial charge is 0.252 e. The van der Waals surface area contributed by atoms with Gasteiger partial charge < -0.3 is 15.1 Å². The van der Waals surface area contributed by atoms with Crippen LogP contribution < -0.4 is 10.2 Å². The Morgan fingerprint density at radius 1 is 1.20 bits per heavy atom. The zero-order valence-corrected chi connectivity index (χ0v) is 17.5. The molecule has 1 aromatic carbocycles. The number of likely N-dealkylation sites (N-methyl/N-ethyl adjacent to an activating group) is 1. The Bertz CT molecular complexity index is 1110. The number of hydrogen-bond donors (Lipinski definition) is 1. The van der Waals surface area contributed by atoms with Crippen molar-refractivity contribution in [3.8, 4) is 0 Å². The highest BCUT2D eigenvalue weighted by Gasteiger charge is 2.49. The maximum Gasteiger partial charge on any atom is 0.252 e. The largest absolute Gasteiger partial charge is 0.368 e. The average Bonchev–Trinajstić information content (AvgIpc) is 3.47. The van der Waals surface area contributed by atoms with Crippen LogP contribution in [0.15, 0.2) is 36.8 Å². The summed E-state index contributed by atoms with van der Waals surface area (Å²) in [6, 6.07) is 6.68. The second kappa shape index (κ2) is 6.98. The molecular formula is C22H25N7O. The lowest BCUT2D eigenvalue weighted by atomic mass is 10.0. The normalized spacial score (nSPS) is 17.8. The molecule has 3 heterocycles. The minimum atomic E-state index is -0.519. The summed E-state index contributed by atoms with van der Waals surface area (Å²) in [6.07, 6.45) is 6.52. The Hall–Kier alpha value is -3.13. The summed E-state index contributed by atoms with van der Waals surface area (Å²) in [5, 5.41) is 11.6. The molecule has 0 unspecified atom stereocenters. The minimum Gasteiger partial charge on any atom is -0.368 e. The first-order valence-corrected chi connectivity index (χ1v) is 10.2. The van der Waals surface area contributed by atoms with Crippen LogP contribution in [0.4, 0.5) is 5.69 Å². The van der Waals surface area contributed by atoms with Gasteiger partial charge in [-0.25, -0.2) is 0 Å². The van der Waals surface area contributed by atoms with Crippen LogP contribution in [0.1, 0.15) is 34.5 Å². The van der Waals surface area contributed by atoms with Gasteiger partial charge in [-0.1, -0.05) is 6.07 Å². The number of amides is 1. The number of aromatic nitrogens is 4. The fourth-order valence-electron chi connectivity index (χ4n) is 4.01. The molecule has 1 saturated carbocycles. The van der Waals surface area contributed by atoms with Gasteiger partial charge in [0.05, 0.1) is 11.7 Å². The maximum absolute atomic E-state index is 13.3. The Morgan fingerprint density at radius 3 is 2.70 bits per heavy atom. The SMILES string of the molecule is Cc1ccc(N2CC(N(C)C)C2)cc1C(=O)NC1(c2nncc3nccnc23)CC1. The lowest BCUT2D eigenvalue weighted by molar-refractivity contribution is 0.0929. The second-order valence-corrected chi connectivity index (χ2v) is 8.54. The molecule has 8 nitrogen and oxygen atoms in total.